The molecule has 22 heavy (non-hydrogen) atoms. The zero-order chi connectivity index (χ0) is 15.7. The molecule has 2 aliphatic heterocycles. The first kappa shape index (κ1) is 15.9. The Morgan fingerprint density at radius 2 is 2.32 bits per heavy atom. The fourth-order valence-electron chi connectivity index (χ4n) is 3.07. The lowest BCUT2D eigenvalue weighted by Gasteiger charge is -2.35. The van der Waals surface area contributed by atoms with Gasteiger partial charge < -0.3 is 20.1 Å². The zero-order valence-electron chi connectivity index (χ0n) is 12.2. The molecule has 2 amide bonds. The Morgan fingerprint density at radius 3 is 2.95 bits per heavy atom. The summed E-state index contributed by atoms with van der Waals surface area (Å²) in [6, 6.07) is 3.11. The molecule has 2 saturated heterocycles. The molecule has 7 heteroatoms. The number of halogens is 2. The number of hydrogen-bond donors (Lipinski definition) is 2. The normalized spacial score (nSPS) is 25.5. The molecule has 3 aliphatic rings. The van der Waals surface area contributed by atoms with Gasteiger partial charge in [0, 0.05) is 11.6 Å². The number of anilines is 1. The fourth-order valence-corrected chi connectivity index (χ4v) is 3.99. The molecule has 2 heterocycles. The van der Waals surface area contributed by atoms with Crippen molar-refractivity contribution >= 4 is 39.2 Å². The number of carbonyl (C=O) groups excluding carboxylic acids is 1. The van der Waals surface area contributed by atoms with Crippen LogP contribution in [0.1, 0.15) is 19.8 Å². The second-order valence-electron chi connectivity index (χ2n) is 5.77. The van der Waals surface area contributed by atoms with Gasteiger partial charge >= 0.3 is 6.03 Å². The Balaban J connectivity index is 1.63. The molecule has 3 fully saturated rings. The second kappa shape index (κ2) is 6.26. The van der Waals surface area contributed by atoms with Gasteiger partial charge in [0.05, 0.1) is 29.0 Å². The molecule has 1 saturated carbocycles. The number of benzene rings is 1. The summed E-state index contributed by atoms with van der Waals surface area (Å²) in [5.74, 6) is 1.25. The summed E-state index contributed by atoms with van der Waals surface area (Å²) >= 11 is 9.43. The Labute approximate surface area is 142 Å². The lowest BCUT2D eigenvalue weighted by atomic mass is 9.74. The summed E-state index contributed by atoms with van der Waals surface area (Å²) in [5.41, 5.74) is 0.398. The lowest BCUT2D eigenvalue weighted by Crippen LogP contribution is -2.48. The zero-order valence-corrected chi connectivity index (χ0v) is 14.6. The molecule has 4 rings (SSSR count). The average molecular weight is 390 g/mol. The summed E-state index contributed by atoms with van der Waals surface area (Å²) in [6.07, 6.45) is 2.08. The van der Waals surface area contributed by atoms with Crippen LogP contribution >= 0.6 is 27.5 Å². The highest BCUT2D eigenvalue weighted by molar-refractivity contribution is 9.10. The quantitative estimate of drug-likeness (QED) is 0.805. The van der Waals surface area contributed by atoms with E-state index in [0.717, 1.165) is 19.4 Å². The maximum atomic E-state index is 12.1. The largest absolute Gasteiger partial charge is 0.491 e. The van der Waals surface area contributed by atoms with Crippen molar-refractivity contribution in [2.45, 2.75) is 25.4 Å². The minimum absolute atomic E-state index is 0.139. The van der Waals surface area contributed by atoms with Crippen LogP contribution in [0.15, 0.2) is 16.6 Å². The van der Waals surface area contributed by atoms with Crippen LogP contribution in [0.3, 0.4) is 0 Å². The Hall–Kier alpha value is -0.980. The van der Waals surface area contributed by atoms with Gasteiger partial charge in [-0.3, -0.25) is 0 Å². The van der Waals surface area contributed by atoms with E-state index in [1.807, 2.05) is 6.92 Å². The Bertz CT molecular complexity index is 585. The molecule has 0 unspecified atom stereocenters. The van der Waals surface area contributed by atoms with Crippen LogP contribution in [0.2, 0.25) is 5.02 Å². The highest BCUT2D eigenvalue weighted by Gasteiger charge is 2.51. The number of nitrogens with one attached hydrogen (secondary N) is 2. The maximum Gasteiger partial charge on any atom is 0.319 e. The summed E-state index contributed by atoms with van der Waals surface area (Å²) < 4.78 is 12.0. The van der Waals surface area contributed by atoms with E-state index < -0.39 is 0 Å². The van der Waals surface area contributed by atoms with E-state index >= 15 is 0 Å². The molecule has 0 radical (unpaired) electrons. The van der Waals surface area contributed by atoms with Gasteiger partial charge in [0.1, 0.15) is 0 Å². The first-order valence-corrected chi connectivity index (χ1v) is 8.49. The summed E-state index contributed by atoms with van der Waals surface area (Å²) in [5, 5.41) is 6.18. The van der Waals surface area contributed by atoms with Crippen LogP contribution in [0.25, 0.3) is 0 Å². The predicted octanol–water partition coefficient (Wildman–Crippen LogP) is 3.80. The van der Waals surface area contributed by atoms with Crippen molar-refractivity contribution in [3.05, 3.63) is 21.6 Å². The van der Waals surface area contributed by atoms with Crippen molar-refractivity contribution in [2.24, 2.45) is 5.92 Å². The van der Waals surface area contributed by atoms with E-state index in [9.17, 15) is 4.79 Å². The summed E-state index contributed by atoms with van der Waals surface area (Å²) in [7, 11) is 0. The molecule has 0 aromatic heterocycles. The van der Waals surface area contributed by atoms with Crippen LogP contribution in [0.4, 0.5) is 10.5 Å². The lowest BCUT2D eigenvalue weighted by molar-refractivity contribution is 0.00546. The van der Waals surface area contributed by atoms with Crippen molar-refractivity contribution in [3.63, 3.8) is 0 Å². The van der Waals surface area contributed by atoms with Crippen LogP contribution in [0.5, 0.6) is 5.75 Å². The number of ether oxygens (including phenoxy) is 2. The topological polar surface area (TPSA) is 59.6 Å². The van der Waals surface area contributed by atoms with E-state index in [4.69, 9.17) is 21.1 Å². The first-order valence-electron chi connectivity index (χ1n) is 7.32. The van der Waals surface area contributed by atoms with Crippen molar-refractivity contribution < 1.29 is 14.3 Å². The Morgan fingerprint density at radius 1 is 1.55 bits per heavy atom. The van der Waals surface area contributed by atoms with E-state index in [-0.39, 0.29) is 11.6 Å². The third-order valence-corrected chi connectivity index (χ3v) is 4.87. The van der Waals surface area contributed by atoms with Gasteiger partial charge in [0.15, 0.2) is 5.75 Å². The van der Waals surface area contributed by atoms with Crippen molar-refractivity contribution in [1.29, 1.82) is 0 Å². The van der Waals surface area contributed by atoms with Gasteiger partial charge in [-0.05, 0) is 53.7 Å². The number of amides is 2. The Kier molecular flexibility index (Phi) is 4.52. The van der Waals surface area contributed by atoms with Crippen LogP contribution in [0, 0.1) is 5.92 Å². The van der Waals surface area contributed by atoms with E-state index in [0.29, 0.717) is 40.0 Å². The van der Waals surface area contributed by atoms with Gasteiger partial charge in [-0.15, -0.1) is 0 Å². The van der Waals surface area contributed by atoms with Crippen LogP contribution in [-0.2, 0) is 4.74 Å². The number of urea groups is 1. The molecule has 1 aliphatic carbocycles. The highest BCUT2D eigenvalue weighted by atomic mass is 79.9. The molecule has 120 valence electrons. The number of carbonyl (C=O) groups is 1. The molecule has 2 bridgehead atoms. The highest BCUT2D eigenvalue weighted by Crippen LogP contribution is 2.47. The molecular weight excluding hydrogens is 372 g/mol. The molecular formula is C15H18BrClN2O3. The number of hydrogen-bond acceptors (Lipinski definition) is 3. The summed E-state index contributed by atoms with van der Waals surface area (Å²) in [4.78, 5) is 12.1. The minimum atomic E-state index is -0.288. The van der Waals surface area contributed by atoms with Gasteiger partial charge in [-0.25, -0.2) is 4.79 Å². The monoisotopic (exact) mass is 388 g/mol. The van der Waals surface area contributed by atoms with Gasteiger partial charge in [-0.2, -0.15) is 0 Å². The van der Waals surface area contributed by atoms with Gasteiger partial charge in [0.2, 0.25) is 0 Å². The van der Waals surface area contributed by atoms with Gasteiger partial charge in [-0.1, -0.05) is 11.6 Å². The third kappa shape index (κ3) is 3.19. The molecule has 1 aromatic rings. The van der Waals surface area contributed by atoms with Crippen LogP contribution < -0.4 is 15.4 Å². The van der Waals surface area contributed by atoms with E-state index in [1.165, 1.54) is 0 Å². The van der Waals surface area contributed by atoms with E-state index in [2.05, 4.69) is 26.6 Å². The smallest absolute Gasteiger partial charge is 0.319 e. The van der Waals surface area contributed by atoms with Crippen molar-refractivity contribution in [3.8, 4) is 5.75 Å². The van der Waals surface area contributed by atoms with Crippen molar-refractivity contribution in [1.82, 2.24) is 5.32 Å². The second-order valence-corrected chi connectivity index (χ2v) is 7.06. The van der Waals surface area contributed by atoms with E-state index in [1.54, 1.807) is 12.1 Å². The summed E-state index contributed by atoms with van der Waals surface area (Å²) in [6.45, 7) is 3.73. The van der Waals surface area contributed by atoms with Crippen molar-refractivity contribution in [2.75, 3.05) is 25.1 Å². The van der Waals surface area contributed by atoms with Crippen LogP contribution in [-0.4, -0.2) is 31.4 Å². The van der Waals surface area contributed by atoms with Gasteiger partial charge in [0.25, 0.3) is 0 Å². The first-order chi connectivity index (χ1) is 10.5. The minimum Gasteiger partial charge on any atom is -0.491 e. The number of rotatable bonds is 5. The number of fused-ring (bicyclic) bond motifs is 1. The molecule has 5 nitrogen and oxygen atoms in total. The third-order valence-electron chi connectivity index (χ3n) is 4.06. The molecule has 2 N–H and O–H groups in total. The standard InChI is InChI=1S/C15H18BrClN2O3/c1-2-21-13-11(16)3-10(17)4-12(13)19-14(20)18-8-15-5-9(6-15)7-22-15/h3-4,9H,2,5-8H2,1H3,(H2,18,19,20). The fraction of sp³-hybridized carbons (Fsp3) is 0.533. The molecule has 0 atom stereocenters. The predicted molar refractivity (Wildman–Crippen MR) is 88.7 cm³/mol. The maximum absolute atomic E-state index is 12.1. The molecule has 1 aromatic carbocycles. The molecule has 0 spiro atoms. The SMILES string of the molecule is CCOc1c(Br)cc(Cl)cc1NC(=O)NCC12CC(CO1)C2. The average Bonchev–Trinajstić information content (AvgIpc) is 3.00.